The monoisotopic (exact) mass is 229 g/mol. The Kier molecular flexibility index (Phi) is 4.77. The summed E-state index contributed by atoms with van der Waals surface area (Å²) in [5.41, 5.74) is 0.0791. The summed E-state index contributed by atoms with van der Waals surface area (Å²) in [6, 6.07) is 0. The minimum absolute atomic E-state index is 0.0791. The molecule has 0 aromatic rings. The van der Waals surface area contributed by atoms with E-state index in [0.717, 1.165) is 32.4 Å². The van der Waals surface area contributed by atoms with Crippen LogP contribution in [0, 0.1) is 11.3 Å². The molecule has 0 heterocycles. The van der Waals surface area contributed by atoms with Crippen LogP contribution >= 0.6 is 0 Å². The average molecular weight is 229 g/mol. The van der Waals surface area contributed by atoms with Crippen molar-refractivity contribution in [2.75, 3.05) is 20.1 Å². The minimum Gasteiger partial charge on any atom is -0.393 e. The third-order valence-corrected chi connectivity index (χ3v) is 3.88. The predicted molar refractivity (Wildman–Crippen MR) is 66.3 cm³/mol. The molecular formula is C13H27NO2. The molecule has 0 aliphatic heterocycles. The van der Waals surface area contributed by atoms with Gasteiger partial charge in [0.2, 0.25) is 0 Å². The fourth-order valence-electron chi connectivity index (χ4n) is 2.59. The summed E-state index contributed by atoms with van der Waals surface area (Å²) in [6.45, 7) is 7.96. The van der Waals surface area contributed by atoms with Crippen molar-refractivity contribution in [2.45, 2.75) is 52.2 Å². The number of hydrogen-bond acceptors (Lipinski definition) is 3. The molecule has 1 saturated carbocycles. The first kappa shape index (κ1) is 13.9. The van der Waals surface area contributed by atoms with Gasteiger partial charge in [0.05, 0.1) is 12.2 Å². The quantitative estimate of drug-likeness (QED) is 0.750. The third kappa shape index (κ3) is 3.72. The van der Waals surface area contributed by atoms with Crippen LogP contribution in [0.5, 0.6) is 0 Å². The van der Waals surface area contributed by atoms with Gasteiger partial charge >= 0.3 is 0 Å². The van der Waals surface area contributed by atoms with Gasteiger partial charge in [-0.25, -0.2) is 0 Å². The van der Waals surface area contributed by atoms with Gasteiger partial charge in [-0.3, -0.25) is 0 Å². The molecule has 0 aromatic carbocycles. The lowest BCUT2D eigenvalue weighted by atomic mass is 9.87. The van der Waals surface area contributed by atoms with Crippen LogP contribution in [-0.4, -0.2) is 47.5 Å². The zero-order chi connectivity index (χ0) is 12.3. The molecule has 16 heavy (non-hydrogen) atoms. The molecule has 3 heteroatoms. The Labute approximate surface area is 99.5 Å². The van der Waals surface area contributed by atoms with Crippen LogP contribution in [0.4, 0.5) is 0 Å². The van der Waals surface area contributed by atoms with E-state index >= 15 is 0 Å². The topological polar surface area (TPSA) is 43.7 Å². The summed E-state index contributed by atoms with van der Waals surface area (Å²) in [4.78, 5) is 2.22. The van der Waals surface area contributed by atoms with E-state index in [1.165, 1.54) is 0 Å². The fourth-order valence-corrected chi connectivity index (χ4v) is 2.59. The summed E-state index contributed by atoms with van der Waals surface area (Å²) in [5, 5.41) is 19.4. The molecule has 3 unspecified atom stereocenters. The lowest BCUT2D eigenvalue weighted by Gasteiger charge is -2.28. The molecule has 1 aliphatic carbocycles. The molecule has 1 aliphatic rings. The van der Waals surface area contributed by atoms with Crippen LogP contribution in [0.2, 0.25) is 0 Å². The largest absolute Gasteiger partial charge is 0.393 e. The Bertz CT molecular complexity index is 216. The van der Waals surface area contributed by atoms with E-state index in [9.17, 15) is 10.2 Å². The van der Waals surface area contributed by atoms with Crippen molar-refractivity contribution in [1.82, 2.24) is 4.90 Å². The Morgan fingerprint density at radius 2 is 2.06 bits per heavy atom. The van der Waals surface area contributed by atoms with E-state index in [1.807, 2.05) is 6.92 Å². The normalized spacial score (nSPS) is 30.9. The molecule has 2 N–H and O–H groups in total. The SMILES string of the molecule is CC(O)CCN(C)CC1CCC(C)(C)C1O. The van der Waals surface area contributed by atoms with Crippen molar-refractivity contribution in [1.29, 1.82) is 0 Å². The maximum absolute atomic E-state index is 10.2. The first-order valence-corrected chi connectivity index (χ1v) is 6.37. The van der Waals surface area contributed by atoms with Crippen LogP contribution in [0.25, 0.3) is 0 Å². The molecule has 1 fully saturated rings. The minimum atomic E-state index is -0.229. The fraction of sp³-hybridized carbons (Fsp3) is 1.00. The van der Waals surface area contributed by atoms with Crippen LogP contribution in [0.15, 0.2) is 0 Å². The molecule has 96 valence electrons. The Morgan fingerprint density at radius 3 is 2.50 bits per heavy atom. The smallest absolute Gasteiger partial charge is 0.0631 e. The van der Waals surface area contributed by atoms with Gasteiger partial charge in [-0.15, -0.1) is 0 Å². The maximum atomic E-state index is 10.2. The van der Waals surface area contributed by atoms with E-state index in [1.54, 1.807) is 0 Å². The summed E-state index contributed by atoms with van der Waals surface area (Å²) < 4.78 is 0. The van der Waals surface area contributed by atoms with Gasteiger partial charge in [-0.05, 0) is 44.6 Å². The Balaban J connectivity index is 2.32. The zero-order valence-electron chi connectivity index (χ0n) is 11.1. The molecular weight excluding hydrogens is 202 g/mol. The number of rotatable bonds is 5. The van der Waals surface area contributed by atoms with Crippen molar-refractivity contribution < 1.29 is 10.2 Å². The Morgan fingerprint density at radius 1 is 1.44 bits per heavy atom. The van der Waals surface area contributed by atoms with Gasteiger partial charge < -0.3 is 15.1 Å². The molecule has 3 nitrogen and oxygen atoms in total. The molecule has 0 spiro atoms. The average Bonchev–Trinajstić information content (AvgIpc) is 2.42. The lowest BCUT2D eigenvalue weighted by Crippen LogP contribution is -2.35. The summed E-state index contributed by atoms with van der Waals surface area (Å²) in [5.74, 6) is 0.397. The first-order chi connectivity index (χ1) is 7.33. The van der Waals surface area contributed by atoms with E-state index in [-0.39, 0.29) is 17.6 Å². The van der Waals surface area contributed by atoms with Crippen molar-refractivity contribution in [3.8, 4) is 0 Å². The first-order valence-electron chi connectivity index (χ1n) is 6.37. The van der Waals surface area contributed by atoms with Crippen molar-refractivity contribution in [3.63, 3.8) is 0 Å². The number of aliphatic hydroxyl groups is 2. The molecule has 3 atom stereocenters. The lowest BCUT2D eigenvalue weighted by molar-refractivity contribution is 0.0342. The second-order valence-electron chi connectivity index (χ2n) is 6.13. The van der Waals surface area contributed by atoms with Crippen LogP contribution in [0.3, 0.4) is 0 Å². The van der Waals surface area contributed by atoms with Crippen LogP contribution in [0.1, 0.15) is 40.0 Å². The zero-order valence-corrected chi connectivity index (χ0v) is 11.1. The van der Waals surface area contributed by atoms with E-state index < -0.39 is 0 Å². The molecule has 0 aromatic heterocycles. The highest BCUT2D eigenvalue weighted by Gasteiger charge is 2.40. The highest BCUT2D eigenvalue weighted by molar-refractivity contribution is 4.91. The number of nitrogens with zero attached hydrogens (tertiary/aromatic N) is 1. The maximum Gasteiger partial charge on any atom is 0.0631 e. The van der Waals surface area contributed by atoms with E-state index in [4.69, 9.17) is 0 Å². The third-order valence-electron chi connectivity index (χ3n) is 3.88. The Hall–Kier alpha value is -0.120. The molecule has 0 radical (unpaired) electrons. The van der Waals surface area contributed by atoms with E-state index in [0.29, 0.717) is 5.92 Å². The van der Waals surface area contributed by atoms with Crippen LogP contribution < -0.4 is 0 Å². The van der Waals surface area contributed by atoms with Crippen LogP contribution in [-0.2, 0) is 0 Å². The van der Waals surface area contributed by atoms with Gasteiger partial charge in [0.25, 0.3) is 0 Å². The number of aliphatic hydroxyl groups excluding tert-OH is 2. The molecule has 0 bridgehead atoms. The molecule has 0 saturated heterocycles. The van der Waals surface area contributed by atoms with Crippen molar-refractivity contribution in [2.24, 2.45) is 11.3 Å². The molecule has 0 amide bonds. The van der Waals surface area contributed by atoms with Gasteiger partial charge in [-0.1, -0.05) is 13.8 Å². The van der Waals surface area contributed by atoms with E-state index in [2.05, 4.69) is 25.8 Å². The van der Waals surface area contributed by atoms with Gasteiger partial charge in [-0.2, -0.15) is 0 Å². The highest BCUT2D eigenvalue weighted by Crippen LogP contribution is 2.41. The van der Waals surface area contributed by atoms with Gasteiger partial charge in [0, 0.05) is 13.1 Å². The predicted octanol–water partition coefficient (Wildman–Crippen LogP) is 1.49. The second-order valence-corrected chi connectivity index (χ2v) is 6.13. The van der Waals surface area contributed by atoms with Gasteiger partial charge in [0.1, 0.15) is 0 Å². The summed E-state index contributed by atoms with van der Waals surface area (Å²) >= 11 is 0. The summed E-state index contributed by atoms with van der Waals surface area (Å²) in [7, 11) is 2.07. The second kappa shape index (κ2) is 5.48. The highest BCUT2D eigenvalue weighted by atomic mass is 16.3. The van der Waals surface area contributed by atoms with Crippen molar-refractivity contribution in [3.05, 3.63) is 0 Å². The van der Waals surface area contributed by atoms with Gasteiger partial charge in [0.15, 0.2) is 0 Å². The summed E-state index contributed by atoms with van der Waals surface area (Å²) in [6.07, 6.45) is 2.63. The standard InChI is InChI=1S/C13H27NO2/c1-10(15)6-8-14(4)9-11-5-7-13(2,3)12(11)16/h10-12,15-16H,5-9H2,1-4H3. The molecule has 1 rings (SSSR count). The number of hydrogen-bond donors (Lipinski definition) is 2. The van der Waals surface area contributed by atoms with Crippen molar-refractivity contribution >= 4 is 0 Å².